The molecule has 0 aromatic heterocycles. The SMILES string of the molecule is C/C=C1/OC(Nc2ccc3c(c2)CC2(CC2)C3CC=O)=C1O. The number of carbonyl (C=O) groups is 1. The van der Waals surface area contributed by atoms with Crippen LogP contribution in [-0.2, 0) is 16.0 Å². The number of aliphatic hydroxyl groups is 1. The Labute approximate surface area is 129 Å². The normalized spacial score (nSPS) is 25.7. The van der Waals surface area contributed by atoms with E-state index in [1.165, 1.54) is 24.0 Å². The number of allylic oxidation sites excluding steroid dienone is 1. The second-order valence-electron chi connectivity index (χ2n) is 6.47. The first-order valence-corrected chi connectivity index (χ1v) is 7.78. The minimum atomic E-state index is 0.167. The first-order valence-electron chi connectivity index (χ1n) is 7.78. The van der Waals surface area contributed by atoms with E-state index in [0.717, 1.165) is 18.4 Å². The molecule has 1 heterocycles. The highest BCUT2D eigenvalue weighted by Crippen LogP contribution is 2.64. The summed E-state index contributed by atoms with van der Waals surface area (Å²) in [7, 11) is 0. The van der Waals surface area contributed by atoms with Gasteiger partial charge in [-0.05, 0) is 66.9 Å². The molecule has 1 fully saturated rings. The number of fused-ring (bicyclic) bond motifs is 1. The molecule has 2 aliphatic carbocycles. The van der Waals surface area contributed by atoms with Gasteiger partial charge in [-0.3, -0.25) is 0 Å². The first-order chi connectivity index (χ1) is 10.7. The van der Waals surface area contributed by atoms with Gasteiger partial charge in [0.1, 0.15) is 6.29 Å². The Morgan fingerprint density at radius 1 is 1.45 bits per heavy atom. The summed E-state index contributed by atoms with van der Waals surface area (Å²) in [6, 6.07) is 6.23. The van der Waals surface area contributed by atoms with Crippen LogP contribution in [-0.4, -0.2) is 11.4 Å². The van der Waals surface area contributed by atoms with E-state index >= 15 is 0 Å². The van der Waals surface area contributed by atoms with Gasteiger partial charge in [-0.25, -0.2) is 0 Å². The molecule has 4 heteroatoms. The molecule has 4 nitrogen and oxygen atoms in total. The van der Waals surface area contributed by atoms with Gasteiger partial charge < -0.3 is 20.0 Å². The third kappa shape index (κ3) is 1.86. The van der Waals surface area contributed by atoms with Crippen LogP contribution in [0.25, 0.3) is 0 Å². The Balaban J connectivity index is 1.59. The smallest absolute Gasteiger partial charge is 0.244 e. The summed E-state index contributed by atoms with van der Waals surface area (Å²) in [4.78, 5) is 11.0. The van der Waals surface area contributed by atoms with Crippen LogP contribution >= 0.6 is 0 Å². The minimum Gasteiger partial charge on any atom is -0.501 e. The van der Waals surface area contributed by atoms with E-state index in [9.17, 15) is 9.90 Å². The molecule has 0 bridgehead atoms. The number of hydrogen-bond donors (Lipinski definition) is 2. The number of ether oxygens (including phenoxy) is 1. The molecule has 0 saturated heterocycles. The van der Waals surface area contributed by atoms with Crippen LogP contribution in [0.1, 0.15) is 43.2 Å². The van der Waals surface area contributed by atoms with Crippen molar-refractivity contribution in [2.45, 2.75) is 38.5 Å². The number of hydrogen-bond acceptors (Lipinski definition) is 4. The Morgan fingerprint density at radius 3 is 2.91 bits per heavy atom. The predicted molar refractivity (Wildman–Crippen MR) is 83.4 cm³/mol. The quantitative estimate of drug-likeness (QED) is 0.831. The van der Waals surface area contributed by atoms with Crippen molar-refractivity contribution in [2.75, 3.05) is 5.32 Å². The van der Waals surface area contributed by atoms with Crippen molar-refractivity contribution in [2.24, 2.45) is 5.41 Å². The molecular formula is C18H19NO3. The first kappa shape index (κ1) is 13.4. The monoisotopic (exact) mass is 297 g/mol. The van der Waals surface area contributed by atoms with Crippen LogP contribution < -0.4 is 5.32 Å². The van der Waals surface area contributed by atoms with Gasteiger partial charge in [-0.15, -0.1) is 0 Å². The molecule has 0 radical (unpaired) electrons. The van der Waals surface area contributed by atoms with Crippen molar-refractivity contribution < 1.29 is 14.6 Å². The second-order valence-corrected chi connectivity index (χ2v) is 6.47. The maximum absolute atomic E-state index is 11.0. The minimum absolute atomic E-state index is 0.167. The highest BCUT2D eigenvalue weighted by atomic mass is 16.5. The zero-order valence-corrected chi connectivity index (χ0v) is 12.6. The van der Waals surface area contributed by atoms with E-state index in [1.807, 2.05) is 13.0 Å². The van der Waals surface area contributed by atoms with Crippen molar-refractivity contribution in [1.29, 1.82) is 0 Å². The summed E-state index contributed by atoms with van der Waals surface area (Å²) >= 11 is 0. The van der Waals surface area contributed by atoms with Crippen molar-refractivity contribution in [3.05, 3.63) is 52.8 Å². The maximum Gasteiger partial charge on any atom is 0.244 e. The van der Waals surface area contributed by atoms with Crippen LogP contribution in [0.15, 0.2) is 41.7 Å². The summed E-state index contributed by atoms with van der Waals surface area (Å²) in [5.74, 6) is 1.46. The number of carbonyl (C=O) groups excluding carboxylic acids is 1. The Morgan fingerprint density at radius 2 is 2.27 bits per heavy atom. The second kappa shape index (κ2) is 4.63. The van der Waals surface area contributed by atoms with E-state index in [-0.39, 0.29) is 5.76 Å². The number of nitrogens with one attached hydrogen (secondary N) is 1. The number of aliphatic hydroxyl groups excluding tert-OH is 1. The average Bonchev–Trinajstić information content (AvgIpc) is 3.22. The van der Waals surface area contributed by atoms with Gasteiger partial charge in [-0.2, -0.15) is 0 Å². The molecule has 1 atom stereocenters. The number of rotatable bonds is 4. The number of aldehydes is 1. The highest BCUT2D eigenvalue weighted by Gasteiger charge is 2.53. The van der Waals surface area contributed by atoms with Gasteiger partial charge in [0.2, 0.25) is 11.6 Å². The van der Waals surface area contributed by atoms with Gasteiger partial charge in [0.15, 0.2) is 5.76 Å². The van der Waals surface area contributed by atoms with E-state index in [4.69, 9.17) is 4.74 Å². The van der Waals surface area contributed by atoms with E-state index in [1.54, 1.807) is 6.08 Å². The Bertz CT molecular complexity index is 713. The summed E-state index contributed by atoms with van der Waals surface area (Å²) in [5.41, 5.74) is 3.89. The lowest BCUT2D eigenvalue weighted by atomic mass is 9.87. The van der Waals surface area contributed by atoms with Gasteiger partial charge >= 0.3 is 0 Å². The molecule has 1 spiro atoms. The Hall–Kier alpha value is -2.23. The molecule has 22 heavy (non-hydrogen) atoms. The van der Waals surface area contributed by atoms with E-state index < -0.39 is 0 Å². The summed E-state index contributed by atoms with van der Waals surface area (Å²) in [6.07, 6.45) is 6.91. The average molecular weight is 297 g/mol. The van der Waals surface area contributed by atoms with Crippen LogP contribution in [0.4, 0.5) is 5.69 Å². The molecule has 2 N–H and O–H groups in total. The van der Waals surface area contributed by atoms with E-state index in [0.29, 0.717) is 29.4 Å². The summed E-state index contributed by atoms with van der Waals surface area (Å²) in [5, 5.41) is 12.9. The van der Waals surface area contributed by atoms with Crippen LogP contribution in [0.5, 0.6) is 0 Å². The van der Waals surface area contributed by atoms with Gasteiger partial charge in [-0.1, -0.05) is 6.07 Å². The zero-order chi connectivity index (χ0) is 15.3. The number of anilines is 1. The van der Waals surface area contributed by atoms with Gasteiger partial charge in [0.25, 0.3) is 0 Å². The summed E-state index contributed by atoms with van der Waals surface area (Å²) < 4.78 is 5.37. The zero-order valence-electron chi connectivity index (χ0n) is 12.6. The number of benzene rings is 1. The molecule has 3 aliphatic rings. The molecule has 114 valence electrons. The van der Waals surface area contributed by atoms with Gasteiger partial charge in [0.05, 0.1) is 0 Å². The van der Waals surface area contributed by atoms with Gasteiger partial charge in [0, 0.05) is 12.1 Å². The molecule has 1 aromatic rings. The molecule has 0 amide bonds. The molecule has 4 rings (SSSR count). The van der Waals surface area contributed by atoms with Crippen molar-refractivity contribution in [3.8, 4) is 0 Å². The van der Waals surface area contributed by atoms with Crippen LogP contribution in [0.2, 0.25) is 0 Å². The van der Waals surface area contributed by atoms with E-state index in [2.05, 4.69) is 17.4 Å². The molecule has 1 aromatic carbocycles. The molecule has 1 unspecified atom stereocenters. The van der Waals surface area contributed by atoms with Crippen molar-refractivity contribution >= 4 is 12.0 Å². The molecule has 1 saturated carbocycles. The summed E-state index contributed by atoms with van der Waals surface area (Å²) in [6.45, 7) is 1.82. The predicted octanol–water partition coefficient (Wildman–Crippen LogP) is 3.77. The molecule has 1 aliphatic heterocycles. The van der Waals surface area contributed by atoms with Crippen molar-refractivity contribution in [1.82, 2.24) is 0 Å². The van der Waals surface area contributed by atoms with Crippen LogP contribution in [0, 0.1) is 5.41 Å². The fourth-order valence-corrected chi connectivity index (χ4v) is 3.85. The lowest BCUT2D eigenvalue weighted by molar-refractivity contribution is -0.108. The largest absolute Gasteiger partial charge is 0.501 e. The Kier molecular flexibility index (Phi) is 2.83. The molecular weight excluding hydrogens is 278 g/mol. The fraction of sp³-hybridized carbons (Fsp3) is 0.389. The van der Waals surface area contributed by atoms with Crippen molar-refractivity contribution in [3.63, 3.8) is 0 Å². The highest BCUT2D eigenvalue weighted by molar-refractivity contribution is 5.60. The third-order valence-corrected chi connectivity index (χ3v) is 5.20. The lowest BCUT2D eigenvalue weighted by Crippen LogP contribution is -2.18. The lowest BCUT2D eigenvalue weighted by Gasteiger charge is -2.23. The standard InChI is InChI=1S/C18H19NO3/c1-2-15-16(21)17(22-15)19-12-3-4-13-11(9-12)10-18(6-7-18)14(13)5-8-20/h2-4,8-9,14,19,21H,5-7,10H2,1H3/b15-2+. The maximum atomic E-state index is 11.0. The van der Waals surface area contributed by atoms with Crippen LogP contribution in [0.3, 0.4) is 0 Å². The topological polar surface area (TPSA) is 58.6 Å². The third-order valence-electron chi connectivity index (χ3n) is 5.20. The fourth-order valence-electron chi connectivity index (χ4n) is 3.85.